The fraction of sp³-hybridized carbons (Fsp3) is 0.0909. The van der Waals surface area contributed by atoms with Crippen molar-refractivity contribution < 1.29 is 4.79 Å². The summed E-state index contributed by atoms with van der Waals surface area (Å²) in [6, 6.07) is 5.38. The van der Waals surface area contributed by atoms with E-state index in [1.54, 1.807) is 24.5 Å². The largest absolute Gasteiger partial charge is 0.398 e. The SMILES string of the molecule is CC(=O)c1ccc(Sc2ncc[nH]2)cc1N. The topological polar surface area (TPSA) is 71.8 Å². The molecule has 0 aliphatic carbocycles. The van der Waals surface area contributed by atoms with Crippen LogP contribution in [0, 0.1) is 0 Å². The number of ketones is 1. The third kappa shape index (κ3) is 2.25. The van der Waals surface area contributed by atoms with Crippen molar-refractivity contribution in [2.24, 2.45) is 0 Å². The molecule has 0 saturated carbocycles. The van der Waals surface area contributed by atoms with Gasteiger partial charge in [0.2, 0.25) is 0 Å². The predicted molar refractivity (Wildman–Crippen MR) is 63.6 cm³/mol. The first-order chi connectivity index (χ1) is 7.66. The van der Waals surface area contributed by atoms with Crippen molar-refractivity contribution >= 4 is 23.2 Å². The molecular formula is C11H11N3OS. The standard InChI is InChI=1S/C11H11N3OS/c1-7(15)9-3-2-8(6-10(9)12)16-11-13-4-5-14-11/h2-6H,12H2,1H3,(H,13,14). The Balaban J connectivity index is 2.24. The van der Waals surface area contributed by atoms with Gasteiger partial charge in [-0.15, -0.1) is 0 Å². The van der Waals surface area contributed by atoms with E-state index < -0.39 is 0 Å². The highest BCUT2D eigenvalue weighted by molar-refractivity contribution is 7.99. The summed E-state index contributed by atoms with van der Waals surface area (Å²) in [4.78, 5) is 19.2. The van der Waals surface area contributed by atoms with Crippen LogP contribution in [0.4, 0.5) is 5.69 Å². The molecule has 2 aromatic rings. The van der Waals surface area contributed by atoms with Gasteiger partial charge in [0.05, 0.1) is 0 Å². The quantitative estimate of drug-likeness (QED) is 0.630. The fourth-order valence-electron chi connectivity index (χ4n) is 1.34. The van der Waals surface area contributed by atoms with Crippen LogP contribution in [-0.2, 0) is 0 Å². The number of nitrogens with two attached hydrogens (primary N) is 1. The maximum atomic E-state index is 11.2. The number of hydrogen-bond acceptors (Lipinski definition) is 4. The number of carbonyl (C=O) groups is 1. The van der Waals surface area contributed by atoms with E-state index in [2.05, 4.69) is 9.97 Å². The molecule has 5 heteroatoms. The van der Waals surface area contributed by atoms with E-state index in [-0.39, 0.29) is 5.78 Å². The minimum absolute atomic E-state index is 0.0213. The van der Waals surface area contributed by atoms with Crippen LogP contribution < -0.4 is 5.73 Å². The van der Waals surface area contributed by atoms with Gasteiger partial charge < -0.3 is 10.7 Å². The monoisotopic (exact) mass is 233 g/mol. The lowest BCUT2D eigenvalue weighted by Crippen LogP contribution is -1.99. The number of benzene rings is 1. The Morgan fingerprint density at radius 2 is 2.31 bits per heavy atom. The molecule has 0 aliphatic heterocycles. The first kappa shape index (κ1) is 10.8. The van der Waals surface area contributed by atoms with Crippen LogP contribution in [-0.4, -0.2) is 15.8 Å². The van der Waals surface area contributed by atoms with Gasteiger partial charge in [0.25, 0.3) is 0 Å². The molecule has 0 atom stereocenters. The number of aromatic nitrogens is 2. The number of rotatable bonds is 3. The number of nitrogen functional groups attached to an aromatic ring is 1. The lowest BCUT2D eigenvalue weighted by atomic mass is 10.1. The highest BCUT2D eigenvalue weighted by Crippen LogP contribution is 2.27. The Bertz CT molecular complexity index is 508. The smallest absolute Gasteiger partial charge is 0.170 e. The van der Waals surface area contributed by atoms with Crippen LogP contribution in [0.3, 0.4) is 0 Å². The molecule has 0 aliphatic rings. The van der Waals surface area contributed by atoms with Crippen molar-refractivity contribution in [2.45, 2.75) is 17.0 Å². The summed E-state index contributed by atoms with van der Waals surface area (Å²) in [6.07, 6.45) is 3.45. The Morgan fingerprint density at radius 1 is 1.50 bits per heavy atom. The predicted octanol–water partition coefficient (Wildman–Crippen LogP) is 2.35. The molecule has 0 spiro atoms. The van der Waals surface area contributed by atoms with Gasteiger partial charge in [-0.25, -0.2) is 4.98 Å². The van der Waals surface area contributed by atoms with Crippen molar-refractivity contribution in [3.05, 3.63) is 36.2 Å². The van der Waals surface area contributed by atoms with Gasteiger partial charge in [-0.05, 0) is 25.1 Å². The number of aromatic amines is 1. The van der Waals surface area contributed by atoms with E-state index in [9.17, 15) is 4.79 Å². The molecule has 0 bridgehead atoms. The van der Waals surface area contributed by atoms with Crippen LogP contribution in [0.2, 0.25) is 0 Å². The highest BCUT2D eigenvalue weighted by atomic mass is 32.2. The summed E-state index contributed by atoms with van der Waals surface area (Å²) in [5.41, 5.74) is 6.85. The minimum atomic E-state index is -0.0213. The zero-order valence-electron chi connectivity index (χ0n) is 8.73. The molecule has 0 fully saturated rings. The Labute approximate surface area is 97.3 Å². The van der Waals surface area contributed by atoms with E-state index in [0.717, 1.165) is 10.1 Å². The van der Waals surface area contributed by atoms with Crippen LogP contribution in [0.1, 0.15) is 17.3 Å². The van der Waals surface area contributed by atoms with E-state index in [4.69, 9.17) is 5.73 Å². The second-order valence-electron chi connectivity index (χ2n) is 3.30. The molecule has 0 saturated heterocycles. The Morgan fingerprint density at radius 3 is 2.88 bits per heavy atom. The summed E-state index contributed by atoms with van der Waals surface area (Å²) in [5, 5.41) is 0.801. The number of H-pyrrole nitrogens is 1. The number of anilines is 1. The zero-order chi connectivity index (χ0) is 11.5. The third-order valence-electron chi connectivity index (χ3n) is 2.09. The van der Waals surface area contributed by atoms with Crippen molar-refractivity contribution in [2.75, 3.05) is 5.73 Å². The molecule has 1 aromatic heterocycles. The summed E-state index contributed by atoms with van der Waals surface area (Å²) < 4.78 is 0. The second kappa shape index (κ2) is 4.40. The number of carbonyl (C=O) groups excluding carboxylic acids is 1. The molecule has 0 amide bonds. The molecule has 16 heavy (non-hydrogen) atoms. The fourth-order valence-corrected chi connectivity index (χ4v) is 2.13. The van der Waals surface area contributed by atoms with E-state index in [1.165, 1.54) is 18.7 Å². The molecular weight excluding hydrogens is 222 g/mol. The van der Waals surface area contributed by atoms with E-state index in [0.29, 0.717) is 11.3 Å². The summed E-state index contributed by atoms with van der Waals surface area (Å²) >= 11 is 1.47. The van der Waals surface area contributed by atoms with Gasteiger partial charge in [0.1, 0.15) is 0 Å². The summed E-state index contributed by atoms with van der Waals surface area (Å²) in [6.45, 7) is 1.50. The van der Waals surface area contributed by atoms with Crippen LogP contribution >= 0.6 is 11.8 Å². The average Bonchev–Trinajstić information content (AvgIpc) is 2.70. The van der Waals surface area contributed by atoms with Gasteiger partial charge >= 0.3 is 0 Å². The van der Waals surface area contributed by atoms with Gasteiger partial charge in [-0.1, -0.05) is 11.8 Å². The van der Waals surface area contributed by atoms with Crippen molar-refractivity contribution in [3.8, 4) is 0 Å². The third-order valence-corrected chi connectivity index (χ3v) is 3.00. The first-order valence-electron chi connectivity index (χ1n) is 4.74. The summed E-state index contributed by atoms with van der Waals surface area (Å²) in [7, 11) is 0. The summed E-state index contributed by atoms with van der Waals surface area (Å²) in [5.74, 6) is -0.0213. The molecule has 0 radical (unpaired) electrons. The molecule has 0 unspecified atom stereocenters. The van der Waals surface area contributed by atoms with Crippen LogP contribution in [0.15, 0.2) is 40.6 Å². The number of nitrogens with one attached hydrogen (secondary N) is 1. The lowest BCUT2D eigenvalue weighted by molar-refractivity contribution is 0.101. The van der Waals surface area contributed by atoms with Crippen molar-refractivity contribution in [1.29, 1.82) is 0 Å². The number of nitrogens with zero attached hydrogens (tertiary/aromatic N) is 1. The normalized spacial score (nSPS) is 10.3. The van der Waals surface area contributed by atoms with Crippen LogP contribution in [0.5, 0.6) is 0 Å². The maximum Gasteiger partial charge on any atom is 0.170 e. The van der Waals surface area contributed by atoms with E-state index >= 15 is 0 Å². The highest BCUT2D eigenvalue weighted by Gasteiger charge is 2.06. The molecule has 1 heterocycles. The molecule has 2 rings (SSSR count). The second-order valence-corrected chi connectivity index (χ2v) is 4.36. The van der Waals surface area contributed by atoms with Gasteiger partial charge in [-0.2, -0.15) is 0 Å². The lowest BCUT2D eigenvalue weighted by Gasteiger charge is -2.04. The Kier molecular flexibility index (Phi) is 2.96. The first-order valence-corrected chi connectivity index (χ1v) is 5.56. The van der Waals surface area contributed by atoms with Gasteiger partial charge in [0.15, 0.2) is 10.9 Å². The molecule has 4 nitrogen and oxygen atoms in total. The average molecular weight is 233 g/mol. The zero-order valence-corrected chi connectivity index (χ0v) is 9.54. The molecule has 3 N–H and O–H groups in total. The maximum absolute atomic E-state index is 11.2. The van der Waals surface area contributed by atoms with Gasteiger partial charge in [-0.3, -0.25) is 4.79 Å². The minimum Gasteiger partial charge on any atom is -0.398 e. The molecule has 1 aromatic carbocycles. The van der Waals surface area contributed by atoms with E-state index in [1.807, 2.05) is 6.07 Å². The molecule has 82 valence electrons. The van der Waals surface area contributed by atoms with Crippen molar-refractivity contribution in [1.82, 2.24) is 9.97 Å². The number of Topliss-reactive ketones (excluding diaryl/α,β-unsaturated/α-hetero) is 1. The number of hydrogen-bond donors (Lipinski definition) is 2. The Hall–Kier alpha value is -1.75. The van der Waals surface area contributed by atoms with Crippen molar-refractivity contribution in [3.63, 3.8) is 0 Å². The van der Waals surface area contributed by atoms with Gasteiger partial charge in [0, 0.05) is 28.5 Å². The number of imidazole rings is 1. The van der Waals surface area contributed by atoms with Crippen LogP contribution in [0.25, 0.3) is 0 Å².